The second kappa shape index (κ2) is 7.97. The largest absolute Gasteiger partial charge is 0.493 e. The zero-order chi connectivity index (χ0) is 17.7. The molecule has 2 N–H and O–H groups in total. The van der Waals surface area contributed by atoms with Crippen molar-refractivity contribution >= 4 is 23.4 Å². The molecule has 0 bridgehead atoms. The van der Waals surface area contributed by atoms with Crippen LogP contribution in [0.2, 0.25) is 5.02 Å². The first kappa shape index (κ1) is 18.7. The summed E-state index contributed by atoms with van der Waals surface area (Å²) in [6.45, 7) is 5.60. The zero-order valence-electron chi connectivity index (χ0n) is 14.8. The minimum atomic E-state index is -0.466. The Morgan fingerprint density at radius 1 is 1.17 bits per heavy atom. The highest BCUT2D eigenvalue weighted by Crippen LogP contribution is 2.34. The highest BCUT2D eigenvalue weighted by Gasteiger charge is 2.25. The number of ether oxygens (including phenoxy) is 2. The van der Waals surface area contributed by atoms with Crippen molar-refractivity contribution in [1.82, 2.24) is 5.32 Å². The molecule has 0 aromatic heterocycles. The molecule has 0 saturated heterocycles. The molecule has 0 unspecified atom stereocenters. The molecular weight excluding hydrogens is 328 g/mol. The van der Waals surface area contributed by atoms with Crippen LogP contribution < -0.4 is 15.4 Å². The maximum atomic E-state index is 11.8. The fourth-order valence-electron chi connectivity index (χ4n) is 2.91. The second-order valence-corrected chi connectivity index (χ2v) is 7.57. The lowest BCUT2D eigenvalue weighted by Crippen LogP contribution is -2.42. The SMILES string of the molecule is COc1c(Cl)cccc1NC1CCC(NC(=O)OC(C)(C)C)CC1. The Morgan fingerprint density at radius 3 is 2.38 bits per heavy atom. The molecule has 1 aliphatic rings. The van der Waals surface area contributed by atoms with Gasteiger partial charge < -0.3 is 20.1 Å². The number of carbonyl (C=O) groups is 1. The molecule has 0 atom stereocenters. The lowest BCUT2D eigenvalue weighted by molar-refractivity contribution is 0.0492. The third-order valence-electron chi connectivity index (χ3n) is 3.98. The van der Waals surface area contributed by atoms with E-state index in [9.17, 15) is 4.79 Å². The Morgan fingerprint density at radius 2 is 1.79 bits per heavy atom. The molecule has 1 saturated carbocycles. The highest BCUT2D eigenvalue weighted by molar-refractivity contribution is 6.32. The molecule has 6 heteroatoms. The van der Waals surface area contributed by atoms with Crippen molar-refractivity contribution in [3.8, 4) is 5.75 Å². The average Bonchev–Trinajstić information content (AvgIpc) is 2.47. The van der Waals surface area contributed by atoms with E-state index in [0.717, 1.165) is 31.4 Å². The molecule has 0 radical (unpaired) electrons. The van der Waals surface area contributed by atoms with E-state index in [1.54, 1.807) is 7.11 Å². The first-order valence-corrected chi connectivity index (χ1v) is 8.75. The number of carbonyl (C=O) groups excluding carboxylic acids is 1. The van der Waals surface area contributed by atoms with Gasteiger partial charge in [0, 0.05) is 12.1 Å². The normalized spacial score (nSPS) is 21.0. The van der Waals surface area contributed by atoms with Crippen molar-refractivity contribution in [2.24, 2.45) is 0 Å². The maximum absolute atomic E-state index is 11.8. The van der Waals surface area contributed by atoms with Crippen LogP contribution in [0.4, 0.5) is 10.5 Å². The number of anilines is 1. The number of benzene rings is 1. The van der Waals surface area contributed by atoms with Gasteiger partial charge in [0.15, 0.2) is 5.75 Å². The minimum Gasteiger partial charge on any atom is -0.493 e. The molecule has 5 nitrogen and oxygen atoms in total. The minimum absolute atomic E-state index is 0.166. The summed E-state index contributed by atoms with van der Waals surface area (Å²) >= 11 is 6.15. The Kier molecular flexibility index (Phi) is 6.21. The van der Waals surface area contributed by atoms with Crippen LogP contribution in [-0.4, -0.2) is 30.9 Å². The molecule has 1 aliphatic carbocycles. The van der Waals surface area contributed by atoms with E-state index in [1.165, 1.54) is 0 Å². The van der Waals surface area contributed by atoms with Crippen molar-refractivity contribution in [2.75, 3.05) is 12.4 Å². The quantitative estimate of drug-likeness (QED) is 0.829. The Balaban J connectivity index is 1.83. The number of methoxy groups -OCH3 is 1. The zero-order valence-corrected chi connectivity index (χ0v) is 15.6. The van der Waals surface area contributed by atoms with Crippen molar-refractivity contribution in [3.05, 3.63) is 23.2 Å². The van der Waals surface area contributed by atoms with Crippen LogP contribution >= 0.6 is 11.6 Å². The van der Waals surface area contributed by atoms with E-state index in [4.69, 9.17) is 21.1 Å². The van der Waals surface area contributed by atoms with Crippen LogP contribution in [0.1, 0.15) is 46.5 Å². The molecule has 1 aromatic carbocycles. The van der Waals surface area contributed by atoms with Gasteiger partial charge in [0.05, 0.1) is 17.8 Å². The molecule has 2 rings (SSSR count). The van der Waals surface area contributed by atoms with Gasteiger partial charge in [-0.15, -0.1) is 0 Å². The van der Waals surface area contributed by atoms with Crippen LogP contribution in [0.3, 0.4) is 0 Å². The van der Waals surface area contributed by atoms with E-state index in [2.05, 4.69) is 10.6 Å². The molecule has 1 fully saturated rings. The van der Waals surface area contributed by atoms with Gasteiger partial charge in [0.25, 0.3) is 0 Å². The van der Waals surface area contributed by atoms with Crippen molar-refractivity contribution in [3.63, 3.8) is 0 Å². The number of para-hydroxylation sites is 1. The number of amides is 1. The monoisotopic (exact) mass is 354 g/mol. The van der Waals surface area contributed by atoms with Crippen molar-refractivity contribution in [2.45, 2.75) is 64.1 Å². The van der Waals surface area contributed by atoms with E-state index in [1.807, 2.05) is 39.0 Å². The van der Waals surface area contributed by atoms with Gasteiger partial charge in [0.2, 0.25) is 0 Å². The molecule has 0 spiro atoms. The predicted octanol–water partition coefficient (Wildman–Crippen LogP) is 4.60. The fraction of sp³-hybridized carbons (Fsp3) is 0.611. The topological polar surface area (TPSA) is 59.6 Å². The molecule has 24 heavy (non-hydrogen) atoms. The first-order valence-electron chi connectivity index (χ1n) is 8.37. The van der Waals surface area contributed by atoms with Gasteiger partial charge in [-0.25, -0.2) is 4.79 Å². The number of alkyl carbamates (subject to hydrolysis) is 1. The lowest BCUT2D eigenvalue weighted by atomic mass is 9.91. The van der Waals surface area contributed by atoms with Crippen LogP contribution in [0.5, 0.6) is 5.75 Å². The maximum Gasteiger partial charge on any atom is 0.407 e. The number of halogens is 1. The molecule has 134 valence electrons. The van der Waals surface area contributed by atoms with Gasteiger partial charge in [-0.3, -0.25) is 0 Å². The summed E-state index contributed by atoms with van der Waals surface area (Å²) in [5, 5.41) is 7.06. The third kappa shape index (κ3) is 5.48. The highest BCUT2D eigenvalue weighted by atomic mass is 35.5. The molecule has 1 aromatic rings. The summed E-state index contributed by atoms with van der Waals surface area (Å²) in [6, 6.07) is 6.19. The number of nitrogens with one attached hydrogen (secondary N) is 2. The van der Waals surface area contributed by atoms with Gasteiger partial charge in [-0.05, 0) is 58.6 Å². The molecular formula is C18H27ClN2O3. The molecule has 0 aliphatic heterocycles. The predicted molar refractivity (Wildman–Crippen MR) is 97.0 cm³/mol. The number of hydrogen-bond acceptors (Lipinski definition) is 4. The number of hydrogen-bond donors (Lipinski definition) is 2. The Bertz CT molecular complexity index is 564. The Labute approximate surface area is 149 Å². The van der Waals surface area contributed by atoms with Crippen LogP contribution in [0, 0.1) is 0 Å². The van der Waals surface area contributed by atoms with Crippen LogP contribution in [0.25, 0.3) is 0 Å². The smallest absolute Gasteiger partial charge is 0.407 e. The number of rotatable bonds is 4. The second-order valence-electron chi connectivity index (χ2n) is 7.16. The van der Waals surface area contributed by atoms with E-state index in [-0.39, 0.29) is 12.1 Å². The summed E-state index contributed by atoms with van der Waals surface area (Å²) in [6.07, 6.45) is 3.43. The standard InChI is InChI=1S/C18H27ClN2O3/c1-18(2,3)24-17(22)21-13-10-8-12(9-11-13)20-15-7-5-6-14(19)16(15)23-4/h5-7,12-13,20H,8-11H2,1-4H3,(H,21,22). The van der Waals surface area contributed by atoms with Crippen molar-refractivity contribution in [1.29, 1.82) is 0 Å². The average molecular weight is 355 g/mol. The van der Waals surface area contributed by atoms with Gasteiger partial charge in [-0.2, -0.15) is 0 Å². The molecule has 1 amide bonds. The lowest BCUT2D eigenvalue weighted by Gasteiger charge is -2.31. The third-order valence-corrected chi connectivity index (χ3v) is 4.28. The first-order chi connectivity index (χ1) is 11.3. The van der Waals surface area contributed by atoms with E-state index in [0.29, 0.717) is 16.8 Å². The molecule has 0 heterocycles. The van der Waals surface area contributed by atoms with Gasteiger partial charge in [0.1, 0.15) is 5.60 Å². The van der Waals surface area contributed by atoms with Crippen LogP contribution in [0.15, 0.2) is 18.2 Å². The summed E-state index contributed by atoms with van der Waals surface area (Å²) in [4.78, 5) is 11.8. The summed E-state index contributed by atoms with van der Waals surface area (Å²) in [7, 11) is 1.62. The summed E-state index contributed by atoms with van der Waals surface area (Å²) < 4.78 is 10.7. The Hall–Kier alpha value is -1.62. The van der Waals surface area contributed by atoms with E-state index >= 15 is 0 Å². The van der Waals surface area contributed by atoms with E-state index < -0.39 is 5.60 Å². The van der Waals surface area contributed by atoms with Gasteiger partial charge >= 0.3 is 6.09 Å². The fourth-order valence-corrected chi connectivity index (χ4v) is 3.16. The summed E-state index contributed by atoms with van der Waals surface area (Å²) in [5.41, 5.74) is 0.444. The summed E-state index contributed by atoms with van der Waals surface area (Å²) in [5.74, 6) is 0.674. The van der Waals surface area contributed by atoms with Gasteiger partial charge in [-0.1, -0.05) is 17.7 Å². The van der Waals surface area contributed by atoms with Crippen molar-refractivity contribution < 1.29 is 14.3 Å². The van der Waals surface area contributed by atoms with Crippen LogP contribution in [-0.2, 0) is 4.74 Å².